The second kappa shape index (κ2) is 45.6. The molecule has 0 radical (unpaired) electrons. The van der Waals surface area contributed by atoms with Gasteiger partial charge in [-0.2, -0.15) is 0 Å². The third-order valence-corrected chi connectivity index (χ3v) is 27.8. The second-order valence-electron chi connectivity index (χ2n) is 32.6. The zero-order valence-electron chi connectivity index (χ0n) is 74.0. The highest BCUT2D eigenvalue weighted by atomic mass is 79.9. The van der Waals surface area contributed by atoms with E-state index in [1.54, 1.807) is 125 Å². The second-order valence-corrected chi connectivity index (χ2v) is 39.3. The fraction of sp³-hybridized carbons (Fsp3) is 0.202. The summed E-state index contributed by atoms with van der Waals surface area (Å²) in [4.78, 5) is 79.7. The molecule has 0 bridgehead atoms. The summed E-state index contributed by atoms with van der Waals surface area (Å²) in [5.41, 5.74) is 34.7. The molecule has 5 aliphatic rings. The predicted octanol–water partition coefficient (Wildman–Crippen LogP) is 28.9. The van der Waals surface area contributed by atoms with Crippen LogP contribution in [0.4, 0.5) is 43.3 Å². The van der Waals surface area contributed by atoms with E-state index < -0.39 is 23.4 Å². The first kappa shape index (κ1) is 103. The van der Waals surface area contributed by atoms with E-state index in [0.717, 1.165) is 112 Å². The van der Waals surface area contributed by atoms with Gasteiger partial charge in [-0.05, 0) is 268 Å². The van der Waals surface area contributed by atoms with Crippen LogP contribution in [-0.4, -0.2) is 91.9 Å². The summed E-state index contributed by atoms with van der Waals surface area (Å²) < 4.78 is 63.9. The van der Waals surface area contributed by atoms with E-state index in [2.05, 4.69) is 124 Å². The molecule has 0 spiro atoms. The lowest BCUT2D eigenvalue weighted by atomic mass is 10.1. The van der Waals surface area contributed by atoms with Gasteiger partial charge >= 0.3 is 0 Å². The number of oxazole rings is 4. The number of aromatic hydroxyl groups is 2. The maximum absolute atomic E-state index is 14.0. The number of ketones is 1. The molecule has 27 nitrogen and oxygen atoms in total. The van der Waals surface area contributed by atoms with Crippen molar-refractivity contribution in [1.82, 2.24) is 49.8 Å². The van der Waals surface area contributed by atoms with E-state index in [-0.39, 0.29) is 58.1 Å². The highest BCUT2D eigenvalue weighted by Crippen LogP contribution is 2.47. The van der Waals surface area contributed by atoms with Crippen LogP contribution >= 0.6 is 157 Å². The summed E-state index contributed by atoms with van der Waals surface area (Å²) in [7, 11) is 3.13. The number of fused-ring (bicyclic) bond motifs is 4. The number of hydrogen-bond acceptors (Lipinski definition) is 25. The lowest BCUT2D eigenvalue weighted by Gasteiger charge is -2.09. The van der Waals surface area contributed by atoms with Crippen LogP contribution in [-0.2, 0) is 11.2 Å². The fourth-order valence-corrected chi connectivity index (χ4v) is 16.6. The van der Waals surface area contributed by atoms with Crippen molar-refractivity contribution in [2.45, 2.75) is 108 Å². The molecule has 41 heteroatoms. The Morgan fingerprint density at radius 1 is 0.407 bits per heavy atom. The molecule has 0 atom stereocenters. The van der Waals surface area contributed by atoms with Gasteiger partial charge in [0.1, 0.15) is 68.3 Å². The van der Waals surface area contributed by atoms with Crippen molar-refractivity contribution in [3.05, 3.63) is 298 Å². The molecule has 17 aromatic rings. The Morgan fingerprint density at radius 2 is 0.771 bits per heavy atom. The number of nitrogens with two attached hydrogens (primary N) is 4. The number of methoxy groups -OCH3 is 2. The molecule has 720 valence electrons. The molecule has 0 aliphatic heterocycles. The lowest BCUT2D eigenvalue weighted by molar-refractivity contribution is -0.119. The Kier molecular flexibility index (Phi) is 33.5. The number of aromatic nitrogens is 10. The first-order valence-corrected chi connectivity index (χ1v) is 49.1. The van der Waals surface area contributed by atoms with Crippen LogP contribution < -0.4 is 43.0 Å². The van der Waals surface area contributed by atoms with Crippen LogP contribution in [0, 0.1) is 31.4 Å². The van der Waals surface area contributed by atoms with Crippen molar-refractivity contribution in [2.75, 3.05) is 47.8 Å². The molecule has 10 aromatic carbocycles. The van der Waals surface area contributed by atoms with E-state index >= 15 is 0 Å². The SMILES string of the molecule is COc1cc(Br)c(Cl)cc1N.COc1ccc(Cl)cc1N.Cc1cccc(F)c1C(=O)Nc1cnc(-c2cc3oc(C4CC4)nc3cc2Cl)cn1.Cc1cccc(F)c1C(=O)Nc1cnc(-c2cc3oc(C4CC4)nc3cc2Cl)cn1.Clc1cc2nc(C3CC3)oc2cc1Br.Nc1cc(Cl)c(Br)cc1O.Nc1cnc(-c2cc3oc(C4CC4)nc3cc2Cl)cn1.O=C(Cc1cc(Cl)c(Br)cc1O)C1CC1. The smallest absolute Gasteiger partial charge is 0.260 e. The van der Waals surface area contributed by atoms with Gasteiger partial charge in [0, 0.05) is 81.2 Å². The summed E-state index contributed by atoms with van der Waals surface area (Å²) in [5.74, 6) is 5.27. The number of rotatable bonds is 16. The van der Waals surface area contributed by atoms with Gasteiger partial charge in [0.2, 0.25) is 0 Å². The number of Topliss-reactive ketones (excluding diaryl/α,β-unsaturated/α-hetero) is 1. The summed E-state index contributed by atoms with van der Waals surface area (Å²) in [6.45, 7) is 3.34. The highest BCUT2D eigenvalue weighted by molar-refractivity contribution is 9.11. The van der Waals surface area contributed by atoms with Crippen molar-refractivity contribution in [2.24, 2.45) is 5.92 Å². The summed E-state index contributed by atoms with van der Waals surface area (Å²) in [5, 5.41) is 28.2. The average Bonchev–Trinajstić information content (AvgIpc) is 1.63. The molecule has 22 rings (SSSR count). The molecular weight excluding hydrogens is 2230 g/mol. The normalized spacial score (nSPS) is 13.4. The van der Waals surface area contributed by atoms with Crippen LogP contribution in [0.25, 0.3) is 78.2 Å². The Balaban J connectivity index is 0.000000126. The van der Waals surface area contributed by atoms with Gasteiger partial charge in [0.05, 0.1) is 132 Å². The predicted molar refractivity (Wildman–Crippen MR) is 557 cm³/mol. The Hall–Kier alpha value is -11.6. The number of benzene rings is 10. The van der Waals surface area contributed by atoms with Crippen molar-refractivity contribution < 1.29 is 60.5 Å². The Morgan fingerprint density at radius 3 is 1.14 bits per heavy atom. The number of ether oxygens (including phenoxy) is 2. The number of nitrogen functional groups attached to an aromatic ring is 4. The molecule has 5 saturated carbocycles. The van der Waals surface area contributed by atoms with Crippen LogP contribution in [0.15, 0.2) is 212 Å². The molecule has 7 heterocycles. The van der Waals surface area contributed by atoms with Gasteiger partial charge < -0.3 is 70.9 Å². The van der Waals surface area contributed by atoms with E-state index in [1.807, 2.05) is 18.2 Å². The average molecular weight is 2310 g/mol. The quantitative estimate of drug-likeness (QED) is 0.0329. The van der Waals surface area contributed by atoms with Gasteiger partial charge in [-0.3, -0.25) is 29.3 Å². The molecule has 5 aliphatic carbocycles. The van der Waals surface area contributed by atoms with Crippen LogP contribution in [0.2, 0.25) is 40.2 Å². The van der Waals surface area contributed by atoms with Crippen molar-refractivity contribution in [3.63, 3.8) is 0 Å². The number of phenolic OH excluding ortho intramolecular Hbond substituents is 2. The molecule has 0 unspecified atom stereocenters. The molecule has 5 fully saturated rings. The first-order valence-electron chi connectivity index (χ1n) is 42.9. The van der Waals surface area contributed by atoms with Gasteiger partial charge in [-0.25, -0.2) is 43.7 Å². The first-order chi connectivity index (χ1) is 67.0. The number of carbonyl (C=O) groups is 3. The molecule has 0 saturated heterocycles. The summed E-state index contributed by atoms with van der Waals surface area (Å²) in [6, 6.07) is 38.0. The van der Waals surface area contributed by atoms with Crippen LogP contribution in [0.3, 0.4) is 0 Å². The van der Waals surface area contributed by atoms with Crippen molar-refractivity contribution in [1.29, 1.82) is 0 Å². The van der Waals surface area contributed by atoms with Crippen molar-refractivity contribution >= 4 is 253 Å². The van der Waals surface area contributed by atoms with Gasteiger partial charge in [0.15, 0.2) is 57.5 Å². The van der Waals surface area contributed by atoms with Gasteiger partial charge in [0.25, 0.3) is 11.8 Å². The number of carbonyl (C=O) groups excluding carboxylic acids is 3. The minimum atomic E-state index is -0.588. The maximum atomic E-state index is 14.0. The summed E-state index contributed by atoms with van der Waals surface area (Å²) in [6.07, 6.45) is 20.2. The van der Waals surface area contributed by atoms with E-state index in [9.17, 15) is 28.3 Å². The van der Waals surface area contributed by atoms with Crippen LogP contribution in [0.1, 0.15) is 149 Å². The number of hydrogen-bond donors (Lipinski definition) is 8. The summed E-state index contributed by atoms with van der Waals surface area (Å²) >= 11 is 61.0. The highest BCUT2D eigenvalue weighted by Gasteiger charge is 2.34. The zero-order valence-corrected chi connectivity index (χ0v) is 86.4. The van der Waals surface area contributed by atoms with E-state index in [0.29, 0.717) is 169 Å². The van der Waals surface area contributed by atoms with E-state index in [4.69, 9.17) is 148 Å². The van der Waals surface area contributed by atoms with E-state index in [1.165, 1.54) is 74.2 Å². The minimum Gasteiger partial charge on any atom is -0.508 e. The fourth-order valence-electron chi connectivity index (χ4n) is 13.6. The zero-order chi connectivity index (χ0) is 99.8. The topological polar surface area (TPSA) is 420 Å². The molecule has 12 N–H and O–H groups in total. The van der Waals surface area contributed by atoms with Gasteiger partial charge in [-0.15, -0.1) is 0 Å². The van der Waals surface area contributed by atoms with Crippen molar-refractivity contribution in [3.8, 4) is 56.8 Å². The monoisotopic (exact) mass is 2300 g/mol. The van der Waals surface area contributed by atoms with Gasteiger partial charge in [-0.1, -0.05) is 117 Å². The number of phenols is 2. The number of anilines is 6. The van der Waals surface area contributed by atoms with Crippen LogP contribution in [0.5, 0.6) is 23.0 Å². The maximum Gasteiger partial charge on any atom is 0.260 e. The molecule has 7 aromatic heterocycles. The molecule has 2 amide bonds. The molecule has 140 heavy (non-hydrogen) atoms. The number of halogens is 14. The Labute approximate surface area is 872 Å². The third-order valence-electron chi connectivity index (χ3n) is 21.9. The number of nitrogens with one attached hydrogen (secondary N) is 2. The molecular formula is C99H80Br4Cl8F2N16O11. The number of aryl methyl sites for hydroxylation is 2. The number of amides is 2. The standard InChI is InChI=1S/2C22H16ClFN4O2.C14H11ClN4O.C11H10BrClO2.C10H7BrClNO.C7H7BrClNO.C7H8ClNO.C6H5BrClNO/c2*1-11-3-2-4-15(24)20(11)21(29)28-19-10-25-17(9-26-19)13-7-18-16(8-14(13)23)27-22(30-18)12-5-6-12;15-9-4-10-12(20-14(19-10)7-1-2-7)3-8(9)11-5-18-13(16)6-17-11;12-8-5-11(15)7(3-9(8)13)4-10(14)6-1-2-6;11-6-3-9-8(4-7(6)12)13-10(14-9)5-1-2-5;1-11-7-2-4(8)5(9)3-6(7)10;1-10-7-3-2-5(8)4-6(7)9;7-3-1-6(10)5(9)2-4(3)8/h2*2-4,7-10,12H,5-6H2,1H3,(H,26,28,29);3-7H,1-2H2,(H2,16,18);3,5-6,15H,1-2,4H2;3-5H,1-2H2;2-3H,10H2,1H3;2-4H,9H2,1H3;1-2,10H,9H2. The minimum absolute atomic E-state index is 0.0198. The lowest BCUT2D eigenvalue weighted by Crippen LogP contribution is -2.16. The Bertz CT molecular complexity index is 7200. The largest absolute Gasteiger partial charge is 0.508 e. The number of nitrogens with zero attached hydrogens (tertiary/aromatic N) is 10. The third kappa shape index (κ3) is 26.4.